The van der Waals surface area contributed by atoms with Crippen LogP contribution in [0.5, 0.6) is 17.2 Å². The smallest absolute Gasteiger partial charge is 0.305 e. The Balaban J connectivity index is 2.56. The van der Waals surface area contributed by atoms with E-state index in [1.54, 1.807) is 19.1 Å². The minimum absolute atomic E-state index is 0.201. The molecule has 0 saturated carbocycles. The highest BCUT2D eigenvalue weighted by Gasteiger charge is 2.15. The number of rotatable bonds is 10. The summed E-state index contributed by atoms with van der Waals surface area (Å²) in [5.41, 5.74) is 0.314. The Morgan fingerprint density at radius 2 is 1.86 bits per heavy atom. The Kier molecular flexibility index (Phi) is 7.81. The van der Waals surface area contributed by atoms with Crippen LogP contribution in [-0.4, -0.2) is 39.7 Å². The van der Waals surface area contributed by atoms with E-state index >= 15 is 0 Å². The van der Waals surface area contributed by atoms with Crippen molar-refractivity contribution in [2.24, 2.45) is 0 Å². The Labute approximate surface area is 130 Å². The number of hydrogen-bond donors (Lipinski definition) is 0. The first kappa shape index (κ1) is 17.8. The molecule has 122 valence electrons. The standard InChI is InChI=1S/C16H22O6/c1-4-21-15(18)7-5-6-10-22-14-9-8-13(19-2)12(11-17)16(14)20-3/h8-9,11H,4-7,10H2,1-3H3. The summed E-state index contributed by atoms with van der Waals surface area (Å²) >= 11 is 0. The van der Waals surface area contributed by atoms with Crippen molar-refractivity contribution >= 4 is 12.3 Å². The molecule has 0 bridgehead atoms. The summed E-state index contributed by atoms with van der Waals surface area (Å²) < 4.78 is 20.8. The lowest BCUT2D eigenvalue weighted by Crippen LogP contribution is -2.06. The van der Waals surface area contributed by atoms with E-state index in [0.717, 1.165) is 0 Å². The second kappa shape index (κ2) is 9.65. The van der Waals surface area contributed by atoms with Gasteiger partial charge in [-0.15, -0.1) is 0 Å². The van der Waals surface area contributed by atoms with Crippen molar-refractivity contribution in [1.29, 1.82) is 0 Å². The molecule has 0 heterocycles. The van der Waals surface area contributed by atoms with Crippen molar-refractivity contribution in [3.8, 4) is 17.2 Å². The Morgan fingerprint density at radius 1 is 1.14 bits per heavy atom. The van der Waals surface area contributed by atoms with Gasteiger partial charge in [0.2, 0.25) is 0 Å². The monoisotopic (exact) mass is 310 g/mol. The Bertz CT molecular complexity index is 498. The molecule has 0 fully saturated rings. The lowest BCUT2D eigenvalue weighted by atomic mass is 10.1. The SMILES string of the molecule is CCOC(=O)CCCCOc1ccc(OC)c(C=O)c1OC. The van der Waals surface area contributed by atoms with Crippen LogP contribution in [0.2, 0.25) is 0 Å². The van der Waals surface area contributed by atoms with Crippen LogP contribution >= 0.6 is 0 Å². The zero-order valence-electron chi connectivity index (χ0n) is 13.2. The fourth-order valence-electron chi connectivity index (χ4n) is 1.96. The zero-order valence-corrected chi connectivity index (χ0v) is 13.2. The molecule has 0 aromatic heterocycles. The maximum Gasteiger partial charge on any atom is 0.305 e. The number of methoxy groups -OCH3 is 2. The first-order valence-corrected chi connectivity index (χ1v) is 7.16. The van der Waals surface area contributed by atoms with Crippen molar-refractivity contribution < 1.29 is 28.5 Å². The van der Waals surface area contributed by atoms with E-state index in [-0.39, 0.29) is 5.97 Å². The fourth-order valence-corrected chi connectivity index (χ4v) is 1.96. The first-order valence-electron chi connectivity index (χ1n) is 7.16. The molecule has 0 radical (unpaired) electrons. The second-order valence-corrected chi connectivity index (χ2v) is 4.44. The van der Waals surface area contributed by atoms with Gasteiger partial charge in [-0.25, -0.2) is 0 Å². The summed E-state index contributed by atoms with van der Waals surface area (Å²) in [5.74, 6) is 1.05. The van der Waals surface area contributed by atoms with Crippen molar-refractivity contribution in [2.75, 3.05) is 27.4 Å². The molecule has 1 aromatic carbocycles. The van der Waals surface area contributed by atoms with Crippen LogP contribution in [0.3, 0.4) is 0 Å². The molecule has 0 atom stereocenters. The lowest BCUT2D eigenvalue weighted by molar-refractivity contribution is -0.143. The second-order valence-electron chi connectivity index (χ2n) is 4.44. The molecule has 1 rings (SSSR count). The van der Waals surface area contributed by atoms with Crippen molar-refractivity contribution in [2.45, 2.75) is 26.2 Å². The minimum Gasteiger partial charge on any atom is -0.496 e. The lowest BCUT2D eigenvalue weighted by Gasteiger charge is -2.14. The van der Waals surface area contributed by atoms with Gasteiger partial charge in [-0.3, -0.25) is 9.59 Å². The van der Waals surface area contributed by atoms with Gasteiger partial charge in [0.15, 0.2) is 17.8 Å². The van der Waals surface area contributed by atoms with E-state index in [2.05, 4.69) is 0 Å². The summed E-state index contributed by atoms with van der Waals surface area (Å²) in [7, 11) is 2.95. The molecule has 0 aliphatic rings. The number of benzene rings is 1. The van der Waals surface area contributed by atoms with E-state index < -0.39 is 0 Å². The predicted molar refractivity (Wildman–Crippen MR) is 80.9 cm³/mol. The third kappa shape index (κ3) is 4.95. The van der Waals surface area contributed by atoms with Gasteiger partial charge in [0.1, 0.15) is 11.3 Å². The molecule has 0 aliphatic heterocycles. The van der Waals surface area contributed by atoms with Gasteiger partial charge in [-0.05, 0) is 31.9 Å². The molecule has 0 amide bonds. The maximum absolute atomic E-state index is 11.2. The number of aldehydes is 1. The fraction of sp³-hybridized carbons (Fsp3) is 0.500. The van der Waals surface area contributed by atoms with Crippen LogP contribution in [0.1, 0.15) is 36.5 Å². The molecular weight excluding hydrogens is 288 g/mol. The summed E-state index contributed by atoms with van der Waals surface area (Å²) in [6, 6.07) is 3.34. The average Bonchev–Trinajstić information content (AvgIpc) is 2.53. The molecule has 6 nitrogen and oxygen atoms in total. The first-order chi connectivity index (χ1) is 10.7. The summed E-state index contributed by atoms with van der Waals surface area (Å²) in [6.45, 7) is 2.59. The number of ether oxygens (including phenoxy) is 4. The number of carbonyl (C=O) groups is 2. The number of hydrogen-bond acceptors (Lipinski definition) is 6. The zero-order chi connectivity index (χ0) is 16.4. The van der Waals surface area contributed by atoms with Crippen molar-refractivity contribution in [1.82, 2.24) is 0 Å². The molecule has 0 saturated heterocycles. The van der Waals surface area contributed by atoms with Crippen LogP contribution < -0.4 is 14.2 Å². The van der Waals surface area contributed by atoms with E-state index in [0.29, 0.717) is 61.6 Å². The third-order valence-electron chi connectivity index (χ3n) is 3.00. The van der Waals surface area contributed by atoms with Crippen molar-refractivity contribution in [3.05, 3.63) is 17.7 Å². The van der Waals surface area contributed by atoms with Gasteiger partial charge in [0.05, 0.1) is 27.4 Å². The molecule has 6 heteroatoms. The quantitative estimate of drug-likeness (QED) is 0.376. The van der Waals surface area contributed by atoms with Gasteiger partial charge in [0.25, 0.3) is 0 Å². The molecule has 0 aliphatic carbocycles. The van der Waals surface area contributed by atoms with Crippen LogP contribution in [0.15, 0.2) is 12.1 Å². The largest absolute Gasteiger partial charge is 0.496 e. The van der Waals surface area contributed by atoms with Crippen LogP contribution in [0.25, 0.3) is 0 Å². The molecule has 0 spiro atoms. The van der Waals surface area contributed by atoms with Gasteiger partial charge < -0.3 is 18.9 Å². The number of esters is 1. The average molecular weight is 310 g/mol. The van der Waals surface area contributed by atoms with Crippen LogP contribution in [0, 0.1) is 0 Å². The maximum atomic E-state index is 11.2. The van der Waals surface area contributed by atoms with Gasteiger partial charge in [-0.2, -0.15) is 0 Å². The molecule has 0 N–H and O–H groups in total. The molecule has 1 aromatic rings. The van der Waals surface area contributed by atoms with Gasteiger partial charge in [0, 0.05) is 6.42 Å². The van der Waals surface area contributed by atoms with Crippen LogP contribution in [0.4, 0.5) is 0 Å². The normalized spacial score (nSPS) is 9.95. The van der Waals surface area contributed by atoms with Gasteiger partial charge >= 0.3 is 5.97 Å². The molecular formula is C16H22O6. The van der Waals surface area contributed by atoms with E-state index in [9.17, 15) is 9.59 Å². The van der Waals surface area contributed by atoms with E-state index in [1.807, 2.05) is 0 Å². The number of carbonyl (C=O) groups excluding carboxylic acids is 2. The van der Waals surface area contributed by atoms with Crippen molar-refractivity contribution in [3.63, 3.8) is 0 Å². The molecule has 22 heavy (non-hydrogen) atoms. The minimum atomic E-state index is -0.201. The predicted octanol–water partition coefficient (Wildman–Crippen LogP) is 2.63. The Morgan fingerprint density at radius 3 is 2.45 bits per heavy atom. The molecule has 0 unspecified atom stereocenters. The Hall–Kier alpha value is -2.24. The van der Waals surface area contributed by atoms with E-state index in [1.165, 1.54) is 14.2 Å². The summed E-state index contributed by atoms with van der Waals surface area (Å²) in [4.78, 5) is 22.4. The van der Waals surface area contributed by atoms with Crippen LogP contribution in [-0.2, 0) is 9.53 Å². The summed E-state index contributed by atoms with van der Waals surface area (Å²) in [6.07, 6.45) is 2.42. The topological polar surface area (TPSA) is 71.1 Å². The summed E-state index contributed by atoms with van der Waals surface area (Å²) in [5, 5.41) is 0. The third-order valence-corrected chi connectivity index (χ3v) is 3.00. The van der Waals surface area contributed by atoms with E-state index in [4.69, 9.17) is 18.9 Å². The number of unbranched alkanes of at least 4 members (excludes halogenated alkanes) is 1. The van der Waals surface area contributed by atoms with Gasteiger partial charge in [-0.1, -0.05) is 0 Å². The highest BCUT2D eigenvalue weighted by Crippen LogP contribution is 2.36. The highest BCUT2D eigenvalue weighted by molar-refractivity contribution is 5.85. The highest BCUT2D eigenvalue weighted by atomic mass is 16.5.